The Hall–Kier alpha value is -2.40. The Morgan fingerprint density at radius 2 is 1.74 bits per heavy atom. The Balaban J connectivity index is 1.74. The zero-order valence-corrected chi connectivity index (χ0v) is 17.6. The van der Waals surface area contributed by atoms with Gasteiger partial charge in [0.05, 0.1) is 7.11 Å². The molecule has 9 heteroatoms. The Morgan fingerprint density at radius 3 is 2.37 bits per heavy atom. The van der Waals surface area contributed by atoms with Crippen molar-refractivity contribution in [1.82, 2.24) is 16.2 Å². The lowest BCUT2D eigenvalue weighted by Crippen LogP contribution is -2.49. The highest BCUT2D eigenvalue weighted by Crippen LogP contribution is 2.16. The second-order valence-electron chi connectivity index (χ2n) is 5.38. The van der Waals surface area contributed by atoms with Crippen LogP contribution in [0.5, 0.6) is 11.5 Å². The number of thiocarbonyl (C=S) groups is 1. The molecule has 2 rings (SSSR count). The molecule has 0 unspecified atom stereocenters. The molecule has 142 valence electrons. The average molecular weight is 499 g/mol. The van der Waals surface area contributed by atoms with Crippen molar-refractivity contribution in [2.45, 2.75) is 6.92 Å². The van der Waals surface area contributed by atoms with Crippen LogP contribution in [0, 0.1) is 10.5 Å². The number of hydrogen-bond acceptors (Lipinski definition) is 5. The number of ether oxygens (including phenoxy) is 2. The van der Waals surface area contributed by atoms with Gasteiger partial charge in [-0.3, -0.25) is 25.8 Å². The maximum Gasteiger partial charge on any atom is 0.276 e. The zero-order chi connectivity index (χ0) is 19.8. The molecule has 0 saturated carbocycles. The molecule has 0 aliphatic rings. The fourth-order valence-electron chi connectivity index (χ4n) is 1.92. The van der Waals surface area contributed by atoms with Gasteiger partial charge in [-0.2, -0.15) is 0 Å². The van der Waals surface area contributed by atoms with E-state index in [9.17, 15) is 9.59 Å². The minimum absolute atomic E-state index is 0.0200. The standard InChI is InChI=1S/C18H18IN3O4S/c1-11-3-4-12(9-15(11)19)17(24)20-18(27)22-21-16(23)10-26-14-7-5-13(25-2)6-8-14/h3-9H,10H2,1-2H3,(H,21,23)(H2,20,22,24,27). The minimum Gasteiger partial charge on any atom is -0.497 e. The van der Waals surface area contributed by atoms with Crippen molar-refractivity contribution in [3.05, 3.63) is 57.2 Å². The van der Waals surface area contributed by atoms with Crippen LogP contribution in [0.15, 0.2) is 42.5 Å². The van der Waals surface area contributed by atoms with Gasteiger partial charge < -0.3 is 9.47 Å². The van der Waals surface area contributed by atoms with E-state index in [1.807, 2.05) is 13.0 Å². The molecule has 0 saturated heterocycles. The summed E-state index contributed by atoms with van der Waals surface area (Å²) in [7, 11) is 1.57. The molecule has 0 aliphatic carbocycles. The van der Waals surface area contributed by atoms with Crippen LogP contribution in [-0.2, 0) is 4.79 Å². The van der Waals surface area contributed by atoms with Gasteiger partial charge in [0.2, 0.25) is 0 Å². The molecule has 0 spiro atoms. The summed E-state index contributed by atoms with van der Waals surface area (Å²) >= 11 is 7.15. The lowest BCUT2D eigenvalue weighted by Gasteiger charge is -2.12. The van der Waals surface area contributed by atoms with E-state index in [2.05, 4.69) is 38.8 Å². The first kappa shape index (κ1) is 20.9. The molecule has 0 aromatic heterocycles. The van der Waals surface area contributed by atoms with Crippen LogP contribution in [0.4, 0.5) is 0 Å². The number of aryl methyl sites for hydroxylation is 1. The summed E-state index contributed by atoms with van der Waals surface area (Å²) in [4.78, 5) is 23.9. The third-order valence-corrected chi connectivity index (χ3v) is 4.77. The number of benzene rings is 2. The summed E-state index contributed by atoms with van der Waals surface area (Å²) in [6.07, 6.45) is 0. The number of rotatable bonds is 5. The van der Waals surface area contributed by atoms with Gasteiger partial charge in [-0.05, 0) is 83.7 Å². The Morgan fingerprint density at radius 1 is 1.07 bits per heavy atom. The number of methoxy groups -OCH3 is 1. The summed E-state index contributed by atoms with van der Waals surface area (Å²) in [5.41, 5.74) is 6.37. The van der Waals surface area contributed by atoms with Gasteiger partial charge in [-0.1, -0.05) is 6.07 Å². The molecule has 2 aromatic carbocycles. The Kier molecular flexibility index (Phi) is 7.80. The second kappa shape index (κ2) is 10.1. The molecule has 0 fully saturated rings. The first-order valence-electron chi connectivity index (χ1n) is 7.82. The fraction of sp³-hybridized carbons (Fsp3) is 0.167. The van der Waals surface area contributed by atoms with Crippen LogP contribution >= 0.6 is 34.8 Å². The first-order valence-corrected chi connectivity index (χ1v) is 9.31. The van der Waals surface area contributed by atoms with E-state index < -0.39 is 5.91 Å². The highest BCUT2D eigenvalue weighted by Gasteiger charge is 2.10. The summed E-state index contributed by atoms with van der Waals surface area (Å²) in [5.74, 6) is 0.398. The van der Waals surface area contributed by atoms with Gasteiger partial charge in [-0.15, -0.1) is 0 Å². The first-order chi connectivity index (χ1) is 12.9. The van der Waals surface area contributed by atoms with Crippen molar-refractivity contribution in [1.29, 1.82) is 0 Å². The maximum absolute atomic E-state index is 12.1. The maximum atomic E-state index is 12.1. The third kappa shape index (κ3) is 6.68. The van der Waals surface area contributed by atoms with Crippen LogP contribution in [0.25, 0.3) is 0 Å². The van der Waals surface area contributed by atoms with Crippen LogP contribution in [0.1, 0.15) is 15.9 Å². The average Bonchev–Trinajstić information content (AvgIpc) is 2.67. The molecule has 0 bridgehead atoms. The van der Waals surface area contributed by atoms with Gasteiger partial charge in [0.15, 0.2) is 11.7 Å². The quantitative estimate of drug-likeness (QED) is 0.333. The predicted octanol–water partition coefficient (Wildman–Crippen LogP) is 2.32. The topological polar surface area (TPSA) is 88.7 Å². The number of carbonyl (C=O) groups excluding carboxylic acids is 2. The van der Waals surface area contributed by atoms with E-state index in [1.54, 1.807) is 43.5 Å². The Bertz CT molecular complexity index is 843. The van der Waals surface area contributed by atoms with Gasteiger partial charge in [0, 0.05) is 9.13 Å². The van der Waals surface area contributed by atoms with E-state index in [1.165, 1.54) is 0 Å². The molecule has 0 aliphatic heterocycles. The van der Waals surface area contributed by atoms with E-state index >= 15 is 0 Å². The van der Waals surface area contributed by atoms with E-state index in [-0.39, 0.29) is 17.6 Å². The van der Waals surface area contributed by atoms with Crippen LogP contribution in [0.2, 0.25) is 0 Å². The molecule has 3 N–H and O–H groups in total. The number of hydrazine groups is 1. The zero-order valence-electron chi connectivity index (χ0n) is 14.7. The fourth-order valence-corrected chi connectivity index (χ4v) is 2.58. The highest BCUT2D eigenvalue weighted by atomic mass is 127. The van der Waals surface area contributed by atoms with Crippen LogP contribution in [0.3, 0.4) is 0 Å². The lowest BCUT2D eigenvalue weighted by atomic mass is 10.1. The minimum atomic E-state index is -0.452. The van der Waals surface area contributed by atoms with Gasteiger partial charge in [0.1, 0.15) is 11.5 Å². The number of carbonyl (C=O) groups is 2. The third-order valence-electron chi connectivity index (χ3n) is 3.41. The van der Waals surface area contributed by atoms with E-state index in [4.69, 9.17) is 21.7 Å². The molecule has 2 aromatic rings. The molecule has 0 radical (unpaired) electrons. The smallest absolute Gasteiger partial charge is 0.276 e. The highest BCUT2D eigenvalue weighted by molar-refractivity contribution is 14.1. The summed E-state index contributed by atoms with van der Waals surface area (Å²) in [6.45, 7) is 1.74. The van der Waals surface area contributed by atoms with Crippen LogP contribution in [-0.4, -0.2) is 30.6 Å². The Labute approximate surface area is 175 Å². The summed E-state index contributed by atoms with van der Waals surface area (Å²) < 4.78 is 11.4. The van der Waals surface area contributed by atoms with Crippen molar-refractivity contribution >= 4 is 51.7 Å². The molecule has 2 amide bonds. The molecule has 27 heavy (non-hydrogen) atoms. The van der Waals surface area contributed by atoms with Crippen LogP contribution < -0.4 is 25.6 Å². The molecule has 0 heterocycles. The molecular formula is C18H18IN3O4S. The largest absolute Gasteiger partial charge is 0.497 e. The van der Waals surface area contributed by atoms with Crippen molar-refractivity contribution in [3.63, 3.8) is 0 Å². The van der Waals surface area contributed by atoms with Crippen molar-refractivity contribution in [3.8, 4) is 11.5 Å². The van der Waals surface area contributed by atoms with E-state index in [0.717, 1.165) is 9.13 Å². The lowest BCUT2D eigenvalue weighted by molar-refractivity contribution is -0.123. The van der Waals surface area contributed by atoms with Crippen molar-refractivity contribution in [2.24, 2.45) is 0 Å². The number of halogens is 1. The predicted molar refractivity (Wildman–Crippen MR) is 114 cm³/mol. The van der Waals surface area contributed by atoms with E-state index in [0.29, 0.717) is 17.1 Å². The SMILES string of the molecule is COc1ccc(OCC(=O)NNC(=S)NC(=O)c2ccc(C)c(I)c2)cc1. The van der Waals surface area contributed by atoms with Crippen molar-refractivity contribution < 1.29 is 19.1 Å². The molecule has 0 atom stereocenters. The normalized spacial score (nSPS) is 9.89. The summed E-state index contributed by atoms with van der Waals surface area (Å²) in [5, 5.41) is 2.47. The summed E-state index contributed by atoms with van der Waals surface area (Å²) in [6, 6.07) is 12.1. The number of nitrogens with one attached hydrogen (secondary N) is 3. The van der Waals surface area contributed by atoms with Crippen molar-refractivity contribution in [2.75, 3.05) is 13.7 Å². The number of hydrogen-bond donors (Lipinski definition) is 3. The molecule has 7 nitrogen and oxygen atoms in total. The van der Waals surface area contributed by atoms with Gasteiger partial charge >= 0.3 is 0 Å². The van der Waals surface area contributed by atoms with Gasteiger partial charge in [-0.25, -0.2) is 0 Å². The van der Waals surface area contributed by atoms with Gasteiger partial charge in [0.25, 0.3) is 11.8 Å². The second-order valence-corrected chi connectivity index (χ2v) is 6.96. The molecular weight excluding hydrogens is 481 g/mol. The monoisotopic (exact) mass is 499 g/mol. The number of amides is 2.